The Morgan fingerprint density at radius 1 is 1.65 bits per heavy atom. The fraction of sp³-hybridized carbons (Fsp3) is 0.667. The lowest BCUT2D eigenvalue weighted by Crippen LogP contribution is -2.33. The Balaban J connectivity index is 1.96. The van der Waals surface area contributed by atoms with Gasteiger partial charge in [-0.05, 0) is 32.6 Å². The normalized spacial score (nSPS) is 15.7. The highest BCUT2D eigenvalue weighted by Crippen LogP contribution is 2.41. The number of carbonyl (C=O) groups excluding carboxylic acids is 1. The molecule has 17 heavy (non-hydrogen) atoms. The highest BCUT2D eigenvalue weighted by molar-refractivity contribution is 7.13. The summed E-state index contributed by atoms with van der Waals surface area (Å²) in [7, 11) is 1.39. The van der Waals surface area contributed by atoms with E-state index in [-0.39, 0.29) is 17.9 Å². The molecule has 1 aromatic heterocycles. The number of carbonyl (C=O) groups is 1. The van der Waals surface area contributed by atoms with E-state index in [0.717, 1.165) is 16.7 Å². The van der Waals surface area contributed by atoms with Gasteiger partial charge in [0.2, 0.25) is 0 Å². The fourth-order valence-electron chi connectivity index (χ4n) is 1.85. The SMILES string of the molecule is COC(=O)Cc1csc(NC(C)(C)C2CC2)n1. The number of hydrogen-bond donors (Lipinski definition) is 1. The van der Waals surface area contributed by atoms with Crippen LogP contribution >= 0.6 is 11.3 Å². The summed E-state index contributed by atoms with van der Waals surface area (Å²) in [5.74, 6) is 0.499. The Labute approximate surface area is 105 Å². The standard InChI is InChI=1S/C12H18N2O2S/c1-12(2,8-4-5-8)14-11-13-9(7-17-11)6-10(15)16-3/h7-8H,4-6H2,1-3H3,(H,13,14). The lowest BCUT2D eigenvalue weighted by atomic mass is 9.99. The zero-order chi connectivity index (χ0) is 12.5. The minimum absolute atomic E-state index is 0.0976. The summed E-state index contributed by atoms with van der Waals surface area (Å²) in [5, 5.41) is 6.24. The summed E-state index contributed by atoms with van der Waals surface area (Å²) >= 11 is 1.54. The quantitative estimate of drug-likeness (QED) is 0.820. The van der Waals surface area contributed by atoms with Crippen LogP contribution in [0.4, 0.5) is 5.13 Å². The molecule has 94 valence electrons. The van der Waals surface area contributed by atoms with E-state index in [9.17, 15) is 4.79 Å². The van der Waals surface area contributed by atoms with Crippen LogP contribution in [0, 0.1) is 5.92 Å². The number of nitrogens with zero attached hydrogens (tertiary/aromatic N) is 1. The molecule has 1 aliphatic rings. The van der Waals surface area contributed by atoms with E-state index in [2.05, 4.69) is 28.9 Å². The van der Waals surface area contributed by atoms with Crippen molar-refractivity contribution in [2.24, 2.45) is 5.92 Å². The zero-order valence-corrected chi connectivity index (χ0v) is 11.3. The second-order valence-electron chi connectivity index (χ2n) is 5.02. The molecule has 5 heteroatoms. The first-order valence-electron chi connectivity index (χ1n) is 5.80. The molecule has 1 heterocycles. The summed E-state index contributed by atoms with van der Waals surface area (Å²) in [6, 6.07) is 0. The molecule has 0 spiro atoms. The highest BCUT2D eigenvalue weighted by Gasteiger charge is 2.38. The van der Waals surface area contributed by atoms with Gasteiger partial charge in [0, 0.05) is 10.9 Å². The van der Waals surface area contributed by atoms with Crippen molar-refractivity contribution in [3.8, 4) is 0 Å². The smallest absolute Gasteiger partial charge is 0.311 e. The predicted octanol–water partition coefficient (Wildman–Crippen LogP) is 2.46. The summed E-state index contributed by atoms with van der Waals surface area (Å²) in [6.07, 6.45) is 2.83. The van der Waals surface area contributed by atoms with Crippen molar-refractivity contribution in [3.63, 3.8) is 0 Å². The molecular weight excluding hydrogens is 236 g/mol. The molecule has 4 nitrogen and oxygen atoms in total. The van der Waals surface area contributed by atoms with Gasteiger partial charge in [-0.25, -0.2) is 4.98 Å². The third-order valence-corrected chi connectivity index (χ3v) is 3.94. The monoisotopic (exact) mass is 254 g/mol. The number of aromatic nitrogens is 1. The van der Waals surface area contributed by atoms with E-state index in [1.165, 1.54) is 20.0 Å². The topological polar surface area (TPSA) is 51.2 Å². The maximum atomic E-state index is 11.1. The molecule has 1 saturated carbocycles. The summed E-state index contributed by atoms with van der Waals surface area (Å²) in [6.45, 7) is 4.40. The van der Waals surface area contributed by atoms with Crippen LogP contribution in [-0.2, 0) is 16.0 Å². The van der Waals surface area contributed by atoms with Crippen LogP contribution in [0.25, 0.3) is 0 Å². The molecule has 0 atom stereocenters. The van der Waals surface area contributed by atoms with Gasteiger partial charge in [0.1, 0.15) is 0 Å². The Hall–Kier alpha value is -1.10. The van der Waals surface area contributed by atoms with Crippen LogP contribution in [0.5, 0.6) is 0 Å². The van der Waals surface area contributed by atoms with Crippen LogP contribution < -0.4 is 5.32 Å². The van der Waals surface area contributed by atoms with Crippen molar-refractivity contribution in [1.29, 1.82) is 0 Å². The largest absolute Gasteiger partial charge is 0.469 e. The first-order chi connectivity index (χ1) is 8.01. The minimum Gasteiger partial charge on any atom is -0.469 e. The number of nitrogens with one attached hydrogen (secondary N) is 1. The van der Waals surface area contributed by atoms with Crippen molar-refractivity contribution >= 4 is 22.4 Å². The molecule has 2 rings (SSSR count). The van der Waals surface area contributed by atoms with Gasteiger partial charge in [0.05, 0.1) is 19.2 Å². The second kappa shape index (κ2) is 4.64. The average Bonchev–Trinajstić information content (AvgIpc) is 3.04. The Morgan fingerprint density at radius 3 is 2.94 bits per heavy atom. The molecule has 0 aromatic carbocycles. The molecule has 1 aromatic rings. The van der Waals surface area contributed by atoms with Crippen LogP contribution in [0.2, 0.25) is 0 Å². The van der Waals surface area contributed by atoms with Gasteiger partial charge in [-0.15, -0.1) is 11.3 Å². The van der Waals surface area contributed by atoms with Crippen molar-refractivity contribution in [3.05, 3.63) is 11.1 Å². The maximum absolute atomic E-state index is 11.1. The molecular formula is C12H18N2O2S. The first kappa shape index (κ1) is 12.4. The molecule has 1 aliphatic carbocycles. The van der Waals surface area contributed by atoms with Crippen molar-refractivity contribution in [2.75, 3.05) is 12.4 Å². The molecule has 0 radical (unpaired) electrons. The lowest BCUT2D eigenvalue weighted by molar-refractivity contribution is -0.139. The second-order valence-corrected chi connectivity index (χ2v) is 5.88. The highest BCUT2D eigenvalue weighted by atomic mass is 32.1. The molecule has 0 amide bonds. The Bertz CT molecular complexity index is 410. The van der Waals surface area contributed by atoms with Gasteiger partial charge in [0.15, 0.2) is 5.13 Å². The molecule has 1 N–H and O–H groups in total. The maximum Gasteiger partial charge on any atom is 0.311 e. The summed E-state index contributed by atoms with van der Waals surface area (Å²) in [5.41, 5.74) is 0.872. The van der Waals surface area contributed by atoms with Crippen molar-refractivity contribution in [1.82, 2.24) is 4.98 Å². The van der Waals surface area contributed by atoms with E-state index in [1.54, 1.807) is 11.3 Å². The number of rotatable bonds is 5. The van der Waals surface area contributed by atoms with E-state index in [4.69, 9.17) is 0 Å². The summed E-state index contributed by atoms with van der Waals surface area (Å²) < 4.78 is 4.62. The van der Waals surface area contributed by atoms with Gasteiger partial charge in [-0.3, -0.25) is 4.79 Å². The Morgan fingerprint density at radius 2 is 2.35 bits per heavy atom. The van der Waals surface area contributed by atoms with Crippen LogP contribution in [0.1, 0.15) is 32.4 Å². The van der Waals surface area contributed by atoms with Gasteiger partial charge in [-0.1, -0.05) is 0 Å². The zero-order valence-electron chi connectivity index (χ0n) is 10.4. The number of anilines is 1. The van der Waals surface area contributed by atoms with Gasteiger partial charge in [-0.2, -0.15) is 0 Å². The third-order valence-electron chi connectivity index (χ3n) is 3.13. The average molecular weight is 254 g/mol. The fourth-order valence-corrected chi connectivity index (χ4v) is 2.72. The summed E-state index contributed by atoms with van der Waals surface area (Å²) in [4.78, 5) is 15.5. The lowest BCUT2D eigenvalue weighted by Gasteiger charge is -2.25. The number of thiazole rings is 1. The van der Waals surface area contributed by atoms with E-state index >= 15 is 0 Å². The number of ether oxygens (including phenoxy) is 1. The number of methoxy groups -OCH3 is 1. The third kappa shape index (κ3) is 3.19. The molecule has 1 fully saturated rings. The van der Waals surface area contributed by atoms with Gasteiger partial charge >= 0.3 is 5.97 Å². The van der Waals surface area contributed by atoms with Crippen LogP contribution in [-0.4, -0.2) is 23.6 Å². The molecule has 0 saturated heterocycles. The van der Waals surface area contributed by atoms with E-state index in [0.29, 0.717) is 0 Å². The minimum atomic E-state index is -0.247. The number of hydrogen-bond acceptors (Lipinski definition) is 5. The van der Waals surface area contributed by atoms with Crippen molar-refractivity contribution in [2.45, 2.75) is 38.6 Å². The van der Waals surface area contributed by atoms with Crippen LogP contribution in [0.3, 0.4) is 0 Å². The first-order valence-corrected chi connectivity index (χ1v) is 6.68. The number of esters is 1. The van der Waals surface area contributed by atoms with E-state index < -0.39 is 0 Å². The van der Waals surface area contributed by atoms with Crippen LogP contribution in [0.15, 0.2) is 5.38 Å². The van der Waals surface area contributed by atoms with Crippen molar-refractivity contribution < 1.29 is 9.53 Å². The van der Waals surface area contributed by atoms with Gasteiger partial charge < -0.3 is 10.1 Å². The predicted molar refractivity (Wildman–Crippen MR) is 68.3 cm³/mol. The Kier molecular flexibility index (Phi) is 3.38. The molecule has 0 aliphatic heterocycles. The molecule has 0 bridgehead atoms. The molecule has 0 unspecified atom stereocenters. The van der Waals surface area contributed by atoms with Gasteiger partial charge in [0.25, 0.3) is 0 Å². The van der Waals surface area contributed by atoms with E-state index in [1.807, 2.05) is 5.38 Å².